The number of aryl methyl sites for hydroxylation is 1. The number of hydrogen-bond acceptors (Lipinski definition) is 7. The highest BCUT2D eigenvalue weighted by molar-refractivity contribution is 6.76. The average Bonchev–Trinajstić information content (AvgIpc) is 3.43. The summed E-state index contributed by atoms with van der Waals surface area (Å²) < 4.78 is 40.3. The summed E-state index contributed by atoms with van der Waals surface area (Å²) in [5.41, 5.74) is 2.44. The minimum atomic E-state index is -2.95. The molecule has 0 atom stereocenters. The highest BCUT2D eigenvalue weighted by Gasteiger charge is 2.24. The lowest BCUT2D eigenvalue weighted by atomic mass is 10.1. The average molecular weight is 602 g/mol. The van der Waals surface area contributed by atoms with Crippen LogP contribution in [0.3, 0.4) is 0 Å². The molecule has 4 rings (SSSR count). The molecule has 0 fully saturated rings. The zero-order valence-electron chi connectivity index (χ0n) is 25.4. The van der Waals surface area contributed by atoms with Gasteiger partial charge < -0.3 is 24.7 Å². The van der Waals surface area contributed by atoms with Crippen LogP contribution >= 0.6 is 0 Å². The molecule has 4 aromatic rings. The van der Waals surface area contributed by atoms with Crippen molar-refractivity contribution in [3.63, 3.8) is 0 Å². The Hall–Kier alpha value is -3.42. The number of rotatable bonds is 13. The van der Waals surface area contributed by atoms with Gasteiger partial charge in [0.2, 0.25) is 0 Å². The van der Waals surface area contributed by atoms with Gasteiger partial charge in [0.25, 0.3) is 5.91 Å². The lowest BCUT2D eigenvalue weighted by molar-refractivity contribution is -0.0497. The Bertz CT molecular complexity index is 1540. The Labute approximate surface area is 245 Å². The van der Waals surface area contributed by atoms with Crippen molar-refractivity contribution in [3.05, 3.63) is 36.2 Å². The van der Waals surface area contributed by atoms with E-state index in [4.69, 9.17) is 14.8 Å². The standard InChI is InChI=1S/C29H41F2N7O3Si/c1-29(2,3)35-27(39)21-17-37(18-40-13-14-42(5,6)7)26-25(21)34-22(16-33-26)24-20-15-19(41-28(30)31)9-10-23(20)38(36-24)12-8-11-32-4/h9-10,15-17,28,32H,8,11-14,18H2,1-7H3,(H,35,39). The number of nitrogens with one attached hydrogen (secondary N) is 2. The van der Waals surface area contributed by atoms with Crippen LogP contribution in [0.1, 0.15) is 37.6 Å². The van der Waals surface area contributed by atoms with Gasteiger partial charge in [-0.25, -0.2) is 9.97 Å². The zero-order chi connectivity index (χ0) is 30.7. The second-order valence-corrected chi connectivity index (χ2v) is 18.2. The fourth-order valence-electron chi connectivity index (χ4n) is 4.48. The Morgan fingerprint density at radius 1 is 1.19 bits per heavy atom. The van der Waals surface area contributed by atoms with Crippen LogP contribution in [0.4, 0.5) is 8.78 Å². The van der Waals surface area contributed by atoms with Gasteiger partial charge in [0.1, 0.15) is 29.4 Å². The topological polar surface area (TPSA) is 108 Å². The van der Waals surface area contributed by atoms with Crippen molar-refractivity contribution in [2.45, 2.75) is 78.3 Å². The van der Waals surface area contributed by atoms with Gasteiger partial charge in [-0.15, -0.1) is 0 Å². The number of aromatic nitrogens is 5. The van der Waals surface area contributed by atoms with E-state index in [1.54, 1.807) is 23.0 Å². The fraction of sp³-hybridized carbons (Fsp3) is 0.517. The number of hydrogen-bond donors (Lipinski definition) is 2. The predicted octanol–water partition coefficient (Wildman–Crippen LogP) is 5.50. The van der Waals surface area contributed by atoms with Crippen LogP contribution in [-0.2, 0) is 18.0 Å². The van der Waals surface area contributed by atoms with E-state index >= 15 is 0 Å². The van der Waals surface area contributed by atoms with E-state index in [9.17, 15) is 13.6 Å². The molecule has 13 heteroatoms. The lowest BCUT2D eigenvalue weighted by Gasteiger charge is -2.20. The minimum Gasteiger partial charge on any atom is -0.435 e. The summed E-state index contributed by atoms with van der Waals surface area (Å²) in [5.74, 6) is -0.260. The number of nitrogens with zero attached hydrogens (tertiary/aromatic N) is 5. The van der Waals surface area contributed by atoms with E-state index in [1.165, 1.54) is 12.1 Å². The number of halogens is 2. The number of carbonyl (C=O) groups excluding carboxylic acids is 1. The molecule has 0 radical (unpaired) electrons. The van der Waals surface area contributed by atoms with Gasteiger partial charge in [0.15, 0.2) is 5.65 Å². The molecule has 0 saturated carbocycles. The summed E-state index contributed by atoms with van der Waals surface area (Å²) in [5, 5.41) is 11.5. The maximum absolute atomic E-state index is 13.4. The monoisotopic (exact) mass is 601 g/mol. The maximum Gasteiger partial charge on any atom is 0.387 e. The Morgan fingerprint density at radius 2 is 1.95 bits per heavy atom. The SMILES string of the molecule is CNCCCn1nc(-c2cnc3c(n2)c(C(=O)NC(C)(C)C)cn3COCC[Si](C)(C)C)c2cc(OC(F)F)ccc21. The van der Waals surface area contributed by atoms with Gasteiger partial charge in [-0.2, -0.15) is 13.9 Å². The molecule has 2 N–H and O–H groups in total. The number of amides is 1. The summed E-state index contributed by atoms with van der Waals surface area (Å²) in [6.07, 6.45) is 4.12. The van der Waals surface area contributed by atoms with Crippen LogP contribution in [0.25, 0.3) is 33.5 Å². The van der Waals surface area contributed by atoms with Crippen LogP contribution in [0, 0.1) is 0 Å². The zero-order valence-corrected chi connectivity index (χ0v) is 26.4. The first-order valence-corrected chi connectivity index (χ1v) is 17.8. The molecule has 1 aromatic carbocycles. The van der Waals surface area contributed by atoms with Gasteiger partial charge in [0, 0.05) is 38.3 Å². The van der Waals surface area contributed by atoms with E-state index in [0.29, 0.717) is 46.7 Å². The van der Waals surface area contributed by atoms with Crippen LogP contribution in [0.2, 0.25) is 25.7 Å². The number of fused-ring (bicyclic) bond motifs is 2. The van der Waals surface area contributed by atoms with Crippen molar-refractivity contribution in [3.8, 4) is 17.1 Å². The number of carbonyl (C=O) groups is 1. The molecule has 0 aliphatic heterocycles. The van der Waals surface area contributed by atoms with E-state index in [0.717, 1.165) is 24.5 Å². The predicted molar refractivity (Wildman–Crippen MR) is 163 cm³/mol. The molecule has 3 aromatic heterocycles. The molecule has 0 spiro atoms. The Kier molecular flexibility index (Phi) is 9.63. The van der Waals surface area contributed by atoms with Crippen molar-refractivity contribution < 1.29 is 23.0 Å². The van der Waals surface area contributed by atoms with Gasteiger partial charge in [-0.3, -0.25) is 9.48 Å². The van der Waals surface area contributed by atoms with E-state index < -0.39 is 20.2 Å². The molecule has 0 saturated heterocycles. The smallest absolute Gasteiger partial charge is 0.387 e. The van der Waals surface area contributed by atoms with Gasteiger partial charge in [0.05, 0.1) is 17.3 Å². The summed E-state index contributed by atoms with van der Waals surface area (Å²) in [6, 6.07) is 5.77. The first-order valence-electron chi connectivity index (χ1n) is 14.1. The van der Waals surface area contributed by atoms with E-state index in [1.807, 2.05) is 32.5 Å². The first-order chi connectivity index (χ1) is 19.8. The molecule has 42 heavy (non-hydrogen) atoms. The molecular formula is C29H41F2N7O3Si. The normalized spacial score (nSPS) is 12.5. The minimum absolute atomic E-state index is 0.0226. The van der Waals surface area contributed by atoms with Gasteiger partial charge >= 0.3 is 6.61 Å². The van der Waals surface area contributed by atoms with Crippen molar-refractivity contribution >= 4 is 36.0 Å². The largest absolute Gasteiger partial charge is 0.435 e. The van der Waals surface area contributed by atoms with Crippen LogP contribution in [0.15, 0.2) is 30.6 Å². The van der Waals surface area contributed by atoms with E-state index in [-0.39, 0.29) is 18.4 Å². The first kappa shape index (κ1) is 31.5. The number of benzene rings is 1. The maximum atomic E-state index is 13.4. The van der Waals surface area contributed by atoms with Crippen molar-refractivity contribution in [2.75, 3.05) is 20.2 Å². The van der Waals surface area contributed by atoms with Crippen molar-refractivity contribution in [1.29, 1.82) is 0 Å². The summed E-state index contributed by atoms with van der Waals surface area (Å²) in [4.78, 5) is 22.9. The quantitative estimate of drug-likeness (QED) is 0.154. The molecule has 0 bridgehead atoms. The summed E-state index contributed by atoms with van der Waals surface area (Å²) >= 11 is 0. The van der Waals surface area contributed by atoms with E-state index in [2.05, 4.69) is 40.0 Å². The van der Waals surface area contributed by atoms with Crippen LogP contribution in [-0.4, -0.2) is 70.6 Å². The van der Waals surface area contributed by atoms with Gasteiger partial charge in [-0.05, 0) is 65.0 Å². The number of ether oxygens (including phenoxy) is 2. The molecule has 0 aliphatic rings. The van der Waals surface area contributed by atoms with Crippen molar-refractivity contribution in [2.24, 2.45) is 0 Å². The third-order valence-corrected chi connectivity index (χ3v) is 8.22. The second-order valence-electron chi connectivity index (χ2n) is 12.6. The van der Waals surface area contributed by atoms with Crippen LogP contribution < -0.4 is 15.4 Å². The Balaban J connectivity index is 1.79. The molecule has 3 heterocycles. The highest BCUT2D eigenvalue weighted by atomic mass is 28.3. The lowest BCUT2D eigenvalue weighted by Crippen LogP contribution is -2.40. The second kappa shape index (κ2) is 12.8. The van der Waals surface area contributed by atoms with Gasteiger partial charge in [-0.1, -0.05) is 19.6 Å². The molecule has 0 aliphatic carbocycles. The molecule has 0 unspecified atom stereocenters. The summed E-state index contributed by atoms with van der Waals surface area (Å²) in [6.45, 7) is 11.9. The molecule has 228 valence electrons. The van der Waals surface area contributed by atoms with Crippen LogP contribution in [0.5, 0.6) is 5.75 Å². The molecule has 10 nitrogen and oxygen atoms in total. The summed E-state index contributed by atoms with van der Waals surface area (Å²) in [7, 11) is 0.610. The molecular weight excluding hydrogens is 560 g/mol. The highest BCUT2D eigenvalue weighted by Crippen LogP contribution is 2.32. The fourth-order valence-corrected chi connectivity index (χ4v) is 5.24. The molecule has 1 amide bonds. The van der Waals surface area contributed by atoms with Crippen molar-refractivity contribution in [1.82, 2.24) is 34.9 Å². The Morgan fingerprint density at radius 3 is 2.62 bits per heavy atom. The third-order valence-electron chi connectivity index (χ3n) is 6.51. The third kappa shape index (κ3) is 7.89. The number of alkyl halides is 2.